The SMILES string of the molecule is CCOC(=O)c1cc(C)nc2ccc(C)cc12. The van der Waals surface area contributed by atoms with Crippen LogP contribution in [0.25, 0.3) is 10.9 Å². The number of rotatable bonds is 2. The van der Waals surface area contributed by atoms with E-state index in [2.05, 4.69) is 4.98 Å². The highest BCUT2D eigenvalue weighted by molar-refractivity contribution is 6.03. The highest BCUT2D eigenvalue weighted by Crippen LogP contribution is 2.20. The van der Waals surface area contributed by atoms with Gasteiger partial charge in [0.15, 0.2) is 0 Å². The van der Waals surface area contributed by atoms with Gasteiger partial charge >= 0.3 is 5.97 Å². The van der Waals surface area contributed by atoms with Gasteiger partial charge in [0.05, 0.1) is 17.7 Å². The summed E-state index contributed by atoms with van der Waals surface area (Å²) in [7, 11) is 0. The Balaban J connectivity index is 2.67. The van der Waals surface area contributed by atoms with E-state index in [1.54, 1.807) is 13.0 Å². The maximum absolute atomic E-state index is 11.9. The first kappa shape index (κ1) is 11.6. The summed E-state index contributed by atoms with van der Waals surface area (Å²) >= 11 is 0. The quantitative estimate of drug-likeness (QED) is 0.743. The van der Waals surface area contributed by atoms with Crippen LogP contribution in [0.5, 0.6) is 0 Å². The van der Waals surface area contributed by atoms with Gasteiger partial charge in [0.1, 0.15) is 0 Å². The van der Waals surface area contributed by atoms with Crippen LogP contribution in [-0.2, 0) is 4.74 Å². The summed E-state index contributed by atoms with van der Waals surface area (Å²) in [6, 6.07) is 7.66. The van der Waals surface area contributed by atoms with Crippen LogP contribution in [0.1, 0.15) is 28.5 Å². The standard InChI is InChI=1S/C14H15NO2/c1-4-17-14(16)12-8-10(3)15-13-6-5-9(2)7-11(12)13/h5-8H,4H2,1-3H3. The van der Waals surface area contributed by atoms with Gasteiger partial charge in [-0.3, -0.25) is 4.98 Å². The van der Waals surface area contributed by atoms with E-state index in [0.717, 1.165) is 22.2 Å². The lowest BCUT2D eigenvalue weighted by Gasteiger charge is -2.07. The van der Waals surface area contributed by atoms with Gasteiger partial charge in [-0.05, 0) is 39.0 Å². The summed E-state index contributed by atoms with van der Waals surface area (Å²) in [6.45, 7) is 6.06. The number of carbonyl (C=O) groups is 1. The van der Waals surface area contributed by atoms with Crippen molar-refractivity contribution in [1.82, 2.24) is 4.98 Å². The zero-order valence-electron chi connectivity index (χ0n) is 10.3. The number of pyridine rings is 1. The number of benzene rings is 1. The molecule has 0 aliphatic rings. The molecule has 88 valence electrons. The Morgan fingerprint density at radius 2 is 2.06 bits per heavy atom. The first-order valence-electron chi connectivity index (χ1n) is 5.67. The van der Waals surface area contributed by atoms with Gasteiger partial charge in [-0.2, -0.15) is 0 Å². The van der Waals surface area contributed by atoms with Gasteiger partial charge in [0.2, 0.25) is 0 Å². The third kappa shape index (κ3) is 2.28. The first-order chi connectivity index (χ1) is 8.11. The van der Waals surface area contributed by atoms with Gasteiger partial charge in [-0.25, -0.2) is 4.79 Å². The molecule has 2 aromatic rings. The minimum Gasteiger partial charge on any atom is -0.462 e. The van der Waals surface area contributed by atoms with Crippen molar-refractivity contribution < 1.29 is 9.53 Å². The maximum Gasteiger partial charge on any atom is 0.338 e. The van der Waals surface area contributed by atoms with E-state index in [1.807, 2.05) is 32.0 Å². The van der Waals surface area contributed by atoms with Crippen molar-refractivity contribution >= 4 is 16.9 Å². The minimum absolute atomic E-state index is 0.284. The monoisotopic (exact) mass is 229 g/mol. The number of hydrogen-bond donors (Lipinski definition) is 0. The summed E-state index contributed by atoms with van der Waals surface area (Å²) in [6.07, 6.45) is 0. The number of aryl methyl sites for hydroxylation is 2. The van der Waals surface area contributed by atoms with Crippen LogP contribution >= 0.6 is 0 Å². The predicted molar refractivity (Wildman–Crippen MR) is 67.2 cm³/mol. The second kappa shape index (κ2) is 4.53. The van der Waals surface area contributed by atoms with E-state index in [0.29, 0.717) is 12.2 Å². The lowest BCUT2D eigenvalue weighted by atomic mass is 10.1. The highest BCUT2D eigenvalue weighted by Gasteiger charge is 2.12. The molecule has 3 nitrogen and oxygen atoms in total. The summed E-state index contributed by atoms with van der Waals surface area (Å²) in [4.78, 5) is 16.3. The molecule has 0 radical (unpaired) electrons. The molecule has 1 aromatic heterocycles. The first-order valence-corrected chi connectivity index (χ1v) is 5.67. The molecule has 0 N–H and O–H groups in total. The van der Waals surface area contributed by atoms with E-state index >= 15 is 0 Å². The van der Waals surface area contributed by atoms with E-state index in [1.165, 1.54) is 0 Å². The third-order valence-electron chi connectivity index (χ3n) is 2.59. The Kier molecular flexibility index (Phi) is 3.09. The van der Waals surface area contributed by atoms with Crippen molar-refractivity contribution in [3.05, 3.63) is 41.1 Å². The van der Waals surface area contributed by atoms with E-state index in [9.17, 15) is 4.79 Å². The zero-order chi connectivity index (χ0) is 12.4. The van der Waals surface area contributed by atoms with Gasteiger partial charge in [0, 0.05) is 11.1 Å². The molecule has 0 unspecified atom stereocenters. The summed E-state index contributed by atoms with van der Waals surface area (Å²) < 4.78 is 5.06. The third-order valence-corrected chi connectivity index (χ3v) is 2.59. The van der Waals surface area contributed by atoms with E-state index in [-0.39, 0.29) is 5.97 Å². The minimum atomic E-state index is -0.284. The van der Waals surface area contributed by atoms with Gasteiger partial charge in [0.25, 0.3) is 0 Å². The number of fused-ring (bicyclic) bond motifs is 1. The predicted octanol–water partition coefficient (Wildman–Crippen LogP) is 3.03. The van der Waals surface area contributed by atoms with Gasteiger partial charge in [-0.1, -0.05) is 11.6 Å². The lowest BCUT2D eigenvalue weighted by molar-refractivity contribution is 0.0528. The lowest BCUT2D eigenvalue weighted by Crippen LogP contribution is -2.06. The molecule has 1 heterocycles. The van der Waals surface area contributed by atoms with Crippen LogP contribution < -0.4 is 0 Å². The maximum atomic E-state index is 11.9. The Labute approximate surface area is 100 Å². The Morgan fingerprint density at radius 1 is 1.29 bits per heavy atom. The van der Waals surface area contributed by atoms with Crippen molar-refractivity contribution in [2.45, 2.75) is 20.8 Å². The van der Waals surface area contributed by atoms with Gasteiger partial charge < -0.3 is 4.74 Å². The number of ether oxygens (including phenoxy) is 1. The van der Waals surface area contributed by atoms with Crippen LogP contribution in [0.2, 0.25) is 0 Å². The molecule has 3 heteroatoms. The van der Waals surface area contributed by atoms with Gasteiger partial charge in [-0.15, -0.1) is 0 Å². The number of esters is 1. The fourth-order valence-electron chi connectivity index (χ4n) is 1.85. The topological polar surface area (TPSA) is 39.2 Å². The van der Waals surface area contributed by atoms with Crippen molar-refractivity contribution in [3.63, 3.8) is 0 Å². The molecule has 1 aromatic carbocycles. The second-order valence-electron chi connectivity index (χ2n) is 4.05. The summed E-state index contributed by atoms with van der Waals surface area (Å²) in [5.74, 6) is -0.284. The summed E-state index contributed by atoms with van der Waals surface area (Å²) in [5, 5.41) is 0.856. The number of aromatic nitrogens is 1. The Morgan fingerprint density at radius 3 is 2.76 bits per heavy atom. The van der Waals surface area contributed by atoms with Crippen LogP contribution in [-0.4, -0.2) is 17.6 Å². The van der Waals surface area contributed by atoms with E-state index in [4.69, 9.17) is 4.74 Å². The molecule has 0 aliphatic carbocycles. The summed E-state index contributed by atoms with van der Waals surface area (Å²) in [5.41, 5.74) is 3.36. The fraction of sp³-hybridized carbons (Fsp3) is 0.286. The average molecular weight is 229 g/mol. The van der Waals surface area contributed by atoms with Crippen LogP contribution in [0.15, 0.2) is 24.3 Å². The number of nitrogens with zero attached hydrogens (tertiary/aromatic N) is 1. The van der Waals surface area contributed by atoms with Crippen molar-refractivity contribution in [1.29, 1.82) is 0 Å². The molecular formula is C14H15NO2. The molecular weight excluding hydrogens is 214 g/mol. The molecule has 0 aliphatic heterocycles. The fourth-order valence-corrected chi connectivity index (χ4v) is 1.85. The zero-order valence-corrected chi connectivity index (χ0v) is 10.3. The molecule has 0 saturated carbocycles. The highest BCUT2D eigenvalue weighted by atomic mass is 16.5. The van der Waals surface area contributed by atoms with Crippen molar-refractivity contribution in [2.75, 3.05) is 6.61 Å². The van der Waals surface area contributed by atoms with Crippen LogP contribution in [0.3, 0.4) is 0 Å². The van der Waals surface area contributed by atoms with Crippen molar-refractivity contribution in [3.8, 4) is 0 Å². The molecule has 0 saturated heterocycles. The molecule has 0 atom stereocenters. The normalized spacial score (nSPS) is 10.5. The molecule has 0 bridgehead atoms. The molecule has 0 fully saturated rings. The smallest absolute Gasteiger partial charge is 0.338 e. The largest absolute Gasteiger partial charge is 0.462 e. The average Bonchev–Trinajstić information content (AvgIpc) is 2.29. The van der Waals surface area contributed by atoms with Crippen LogP contribution in [0, 0.1) is 13.8 Å². The molecule has 0 amide bonds. The Bertz CT molecular complexity index is 576. The van der Waals surface area contributed by atoms with Crippen LogP contribution in [0.4, 0.5) is 0 Å². The van der Waals surface area contributed by atoms with Crippen molar-refractivity contribution in [2.24, 2.45) is 0 Å². The molecule has 17 heavy (non-hydrogen) atoms. The molecule has 0 spiro atoms. The molecule has 2 rings (SSSR count). The number of hydrogen-bond acceptors (Lipinski definition) is 3. The van der Waals surface area contributed by atoms with E-state index < -0.39 is 0 Å². The second-order valence-corrected chi connectivity index (χ2v) is 4.05. The number of carbonyl (C=O) groups excluding carboxylic acids is 1. The Hall–Kier alpha value is -1.90.